The van der Waals surface area contributed by atoms with Crippen molar-refractivity contribution in [2.75, 3.05) is 32.9 Å². The van der Waals surface area contributed by atoms with Gasteiger partial charge in [-0.05, 0) is 18.6 Å². The van der Waals surface area contributed by atoms with Crippen LogP contribution in [0.5, 0.6) is 0 Å². The van der Waals surface area contributed by atoms with Gasteiger partial charge in [-0.1, -0.05) is 17.7 Å². The quantitative estimate of drug-likeness (QED) is 0.918. The molecule has 2 rings (SSSR count). The van der Waals surface area contributed by atoms with Gasteiger partial charge < -0.3 is 5.32 Å². The van der Waals surface area contributed by atoms with Crippen molar-refractivity contribution in [3.63, 3.8) is 0 Å². The minimum Gasteiger partial charge on any atom is -0.314 e. The fourth-order valence-corrected chi connectivity index (χ4v) is 2.72. The second kappa shape index (κ2) is 8.00. The molecule has 1 aromatic rings. The zero-order chi connectivity index (χ0) is 13.0. The van der Waals surface area contributed by atoms with Gasteiger partial charge in [-0.15, -0.1) is 12.4 Å². The monoisotopic (exact) mass is 310 g/mol. The molecule has 1 N–H and O–H groups in total. The summed E-state index contributed by atoms with van der Waals surface area (Å²) in [5.74, 6) is -0.348. The topological polar surface area (TPSA) is 15.3 Å². The first-order valence-electron chi connectivity index (χ1n) is 6.18. The minimum absolute atomic E-state index is 0. The van der Waals surface area contributed by atoms with Gasteiger partial charge in [0.05, 0.1) is 6.67 Å². The van der Waals surface area contributed by atoms with Gasteiger partial charge in [0.25, 0.3) is 0 Å². The van der Waals surface area contributed by atoms with Crippen molar-refractivity contribution >= 4 is 24.0 Å². The summed E-state index contributed by atoms with van der Waals surface area (Å²) in [4.78, 5) is 2.10. The average Bonchev–Trinajstić information content (AvgIpc) is 2.38. The summed E-state index contributed by atoms with van der Waals surface area (Å²) in [6, 6.07) is 4.35. The fourth-order valence-electron chi connectivity index (χ4n) is 2.44. The van der Waals surface area contributed by atoms with E-state index < -0.39 is 6.67 Å². The number of nitrogens with one attached hydrogen (secondary N) is 1. The van der Waals surface area contributed by atoms with Gasteiger partial charge in [0.1, 0.15) is 5.82 Å². The first-order valence-corrected chi connectivity index (χ1v) is 6.56. The lowest BCUT2D eigenvalue weighted by molar-refractivity contribution is 0.154. The zero-order valence-corrected chi connectivity index (χ0v) is 12.1. The smallest absolute Gasteiger partial charge is 0.129 e. The minimum atomic E-state index is -0.473. The number of halogens is 4. The van der Waals surface area contributed by atoms with Gasteiger partial charge in [0.15, 0.2) is 0 Å². The molecule has 2 nitrogen and oxygen atoms in total. The van der Waals surface area contributed by atoms with E-state index >= 15 is 0 Å². The highest BCUT2D eigenvalue weighted by Gasteiger charge is 2.26. The zero-order valence-electron chi connectivity index (χ0n) is 10.5. The van der Waals surface area contributed by atoms with Crippen molar-refractivity contribution in [2.24, 2.45) is 0 Å². The standard InChI is InChI=1S/C13H17ClF2N2.ClH/c14-10-2-1-3-11(16)13(10)12(4-5-15)18-8-6-17-7-9-18;/h1-3,12,17H,4-9H2;1H/t12-;/m1./s1. The molecule has 0 amide bonds. The maximum atomic E-state index is 13.9. The highest BCUT2D eigenvalue weighted by Crippen LogP contribution is 2.32. The largest absolute Gasteiger partial charge is 0.314 e. The number of piperazine rings is 1. The molecule has 1 saturated heterocycles. The van der Waals surface area contributed by atoms with Gasteiger partial charge in [0, 0.05) is 42.8 Å². The van der Waals surface area contributed by atoms with E-state index in [9.17, 15) is 8.78 Å². The lowest BCUT2D eigenvalue weighted by Gasteiger charge is -2.35. The lowest BCUT2D eigenvalue weighted by Crippen LogP contribution is -2.45. The summed E-state index contributed by atoms with van der Waals surface area (Å²) in [7, 11) is 0. The Balaban J connectivity index is 0.00000180. The summed E-state index contributed by atoms with van der Waals surface area (Å²) in [6.45, 7) is 2.79. The van der Waals surface area contributed by atoms with Crippen molar-refractivity contribution in [3.05, 3.63) is 34.6 Å². The van der Waals surface area contributed by atoms with E-state index in [1.54, 1.807) is 12.1 Å². The molecule has 1 aromatic carbocycles. The average molecular weight is 311 g/mol. The lowest BCUT2D eigenvalue weighted by atomic mass is 10.0. The van der Waals surface area contributed by atoms with Crippen molar-refractivity contribution in [2.45, 2.75) is 12.5 Å². The third-order valence-corrected chi connectivity index (χ3v) is 3.64. The molecule has 1 aliphatic heterocycles. The SMILES string of the molecule is Cl.FCC[C@H](c1c(F)cccc1Cl)N1CCNCC1. The second-order valence-electron chi connectivity index (χ2n) is 4.41. The Labute approximate surface area is 123 Å². The predicted molar refractivity (Wildman–Crippen MR) is 76.4 cm³/mol. The van der Waals surface area contributed by atoms with Crippen LogP contribution in [0.2, 0.25) is 5.02 Å². The molecule has 19 heavy (non-hydrogen) atoms. The summed E-state index contributed by atoms with van der Waals surface area (Å²) in [5, 5.41) is 3.61. The van der Waals surface area contributed by atoms with Crippen molar-refractivity contribution in [1.82, 2.24) is 10.2 Å². The molecular formula is C13H18Cl2F2N2. The number of nitrogens with zero attached hydrogens (tertiary/aromatic N) is 1. The highest BCUT2D eigenvalue weighted by atomic mass is 35.5. The Morgan fingerprint density at radius 1 is 1.32 bits per heavy atom. The van der Waals surface area contributed by atoms with Crippen molar-refractivity contribution in [1.29, 1.82) is 0 Å². The van der Waals surface area contributed by atoms with Crippen LogP contribution in [0.3, 0.4) is 0 Å². The Bertz CT molecular complexity index is 378. The molecule has 1 aliphatic rings. The number of benzene rings is 1. The van der Waals surface area contributed by atoms with E-state index in [0.29, 0.717) is 10.6 Å². The van der Waals surface area contributed by atoms with Gasteiger partial charge >= 0.3 is 0 Å². The fraction of sp³-hybridized carbons (Fsp3) is 0.538. The Morgan fingerprint density at radius 3 is 2.58 bits per heavy atom. The molecule has 1 fully saturated rings. The van der Waals surface area contributed by atoms with E-state index in [1.807, 2.05) is 0 Å². The van der Waals surface area contributed by atoms with E-state index in [4.69, 9.17) is 11.6 Å². The summed E-state index contributed by atoms with van der Waals surface area (Å²) in [6.07, 6.45) is 0.278. The number of hydrogen-bond acceptors (Lipinski definition) is 2. The first kappa shape index (κ1) is 16.6. The molecule has 1 atom stereocenters. The van der Waals surface area contributed by atoms with Crippen LogP contribution < -0.4 is 5.32 Å². The molecule has 0 radical (unpaired) electrons. The van der Waals surface area contributed by atoms with E-state index in [1.165, 1.54) is 6.07 Å². The molecule has 0 bridgehead atoms. The number of alkyl halides is 1. The van der Waals surface area contributed by atoms with Gasteiger partial charge in [-0.3, -0.25) is 9.29 Å². The van der Waals surface area contributed by atoms with Gasteiger partial charge in [-0.2, -0.15) is 0 Å². The van der Waals surface area contributed by atoms with Gasteiger partial charge in [0.2, 0.25) is 0 Å². The van der Waals surface area contributed by atoms with Crippen LogP contribution in [0, 0.1) is 5.82 Å². The van der Waals surface area contributed by atoms with Crippen LogP contribution in [0.4, 0.5) is 8.78 Å². The number of hydrogen-bond donors (Lipinski definition) is 1. The molecule has 108 valence electrons. The van der Waals surface area contributed by atoms with Crippen LogP contribution in [0.25, 0.3) is 0 Å². The maximum absolute atomic E-state index is 13.9. The molecule has 0 unspecified atom stereocenters. The molecular weight excluding hydrogens is 293 g/mol. The molecule has 0 saturated carbocycles. The molecule has 1 heterocycles. The third-order valence-electron chi connectivity index (χ3n) is 3.31. The van der Waals surface area contributed by atoms with Crippen molar-refractivity contribution < 1.29 is 8.78 Å². The molecule has 0 spiro atoms. The van der Waals surface area contributed by atoms with Crippen LogP contribution in [-0.4, -0.2) is 37.8 Å². The molecule has 0 aliphatic carbocycles. The van der Waals surface area contributed by atoms with Crippen LogP contribution in [-0.2, 0) is 0 Å². The van der Waals surface area contributed by atoms with Gasteiger partial charge in [-0.25, -0.2) is 4.39 Å². The Kier molecular flexibility index (Phi) is 7.00. The van der Waals surface area contributed by atoms with E-state index in [0.717, 1.165) is 26.2 Å². The summed E-state index contributed by atoms with van der Waals surface area (Å²) >= 11 is 6.07. The highest BCUT2D eigenvalue weighted by molar-refractivity contribution is 6.31. The Hall–Kier alpha value is -0.420. The molecule has 0 aromatic heterocycles. The van der Waals surface area contributed by atoms with Crippen LogP contribution in [0.1, 0.15) is 18.0 Å². The summed E-state index contributed by atoms with van der Waals surface area (Å²) < 4.78 is 26.7. The van der Waals surface area contributed by atoms with E-state index in [2.05, 4.69) is 10.2 Å². The van der Waals surface area contributed by atoms with Crippen molar-refractivity contribution in [3.8, 4) is 0 Å². The molecule has 6 heteroatoms. The first-order chi connectivity index (χ1) is 8.74. The number of rotatable bonds is 4. The van der Waals surface area contributed by atoms with Crippen LogP contribution in [0.15, 0.2) is 18.2 Å². The normalized spacial score (nSPS) is 17.8. The third kappa shape index (κ3) is 4.02. The van der Waals surface area contributed by atoms with E-state index in [-0.39, 0.29) is 30.7 Å². The van der Waals surface area contributed by atoms with Crippen LogP contribution >= 0.6 is 24.0 Å². The summed E-state index contributed by atoms with van der Waals surface area (Å²) in [5.41, 5.74) is 0.429. The second-order valence-corrected chi connectivity index (χ2v) is 4.82. The Morgan fingerprint density at radius 2 is 2.00 bits per heavy atom. The maximum Gasteiger partial charge on any atom is 0.129 e. The predicted octanol–water partition coefficient (Wildman–Crippen LogP) is 3.21.